The van der Waals surface area contributed by atoms with Crippen LogP contribution in [-0.2, 0) is 10.9 Å². The Kier molecular flexibility index (Phi) is 6.24. The monoisotopic (exact) mass is 451 g/mol. The van der Waals surface area contributed by atoms with Gasteiger partial charge in [-0.15, -0.1) is 0 Å². The molecule has 0 atom stereocenters. The van der Waals surface area contributed by atoms with Crippen molar-refractivity contribution in [2.24, 2.45) is 5.84 Å². The van der Waals surface area contributed by atoms with Gasteiger partial charge >= 0.3 is 12.3 Å². The number of alkyl halides is 3. The van der Waals surface area contributed by atoms with Crippen LogP contribution in [0.15, 0.2) is 66.7 Å². The largest absolute Gasteiger partial charge is 0.449 e. The van der Waals surface area contributed by atoms with E-state index in [1.165, 1.54) is 6.07 Å². The summed E-state index contributed by atoms with van der Waals surface area (Å²) in [5.74, 6) is 10.6. The van der Waals surface area contributed by atoms with E-state index >= 15 is 0 Å². The number of rotatable bonds is 4. The van der Waals surface area contributed by atoms with E-state index in [-0.39, 0.29) is 30.3 Å². The number of benzene rings is 3. The number of amides is 1. The zero-order valence-corrected chi connectivity index (χ0v) is 17.4. The van der Waals surface area contributed by atoms with Gasteiger partial charge in [0.05, 0.1) is 17.8 Å². The molecule has 0 heterocycles. The van der Waals surface area contributed by atoms with Crippen LogP contribution in [0, 0.1) is 11.8 Å². The van der Waals surface area contributed by atoms with Gasteiger partial charge in [0.2, 0.25) is 0 Å². The van der Waals surface area contributed by atoms with Gasteiger partial charge in [-0.1, -0.05) is 60.4 Å². The molecule has 0 spiro atoms. The van der Waals surface area contributed by atoms with E-state index in [0.29, 0.717) is 0 Å². The van der Waals surface area contributed by atoms with Crippen molar-refractivity contribution in [3.8, 4) is 23.0 Å². The van der Waals surface area contributed by atoms with Gasteiger partial charge in [-0.25, -0.2) is 4.79 Å². The zero-order valence-electron chi connectivity index (χ0n) is 17.4. The van der Waals surface area contributed by atoms with Crippen molar-refractivity contribution in [3.63, 3.8) is 0 Å². The Morgan fingerprint density at radius 2 is 1.64 bits per heavy atom. The lowest BCUT2D eigenvalue weighted by Gasteiger charge is -2.14. The minimum Gasteiger partial charge on any atom is -0.449 e. The van der Waals surface area contributed by atoms with Crippen molar-refractivity contribution in [3.05, 3.63) is 89.0 Å². The van der Waals surface area contributed by atoms with Crippen molar-refractivity contribution in [1.29, 1.82) is 0 Å². The Morgan fingerprint density at radius 3 is 2.24 bits per heavy atom. The Hall–Kier alpha value is -3.96. The van der Waals surface area contributed by atoms with E-state index in [2.05, 4.69) is 34.7 Å². The Bertz CT molecular complexity index is 1200. The smallest absolute Gasteiger partial charge is 0.416 e. The Morgan fingerprint density at radius 1 is 1.00 bits per heavy atom. The van der Waals surface area contributed by atoms with Gasteiger partial charge < -0.3 is 15.5 Å². The SMILES string of the molecule is NNc1cc(C(F)(F)F)ccc1C#CCNC(=O)OCC1c2ccccc2-c2ccccc21. The number of carbonyl (C=O) groups excluding carboxylic acids is 1. The van der Waals surface area contributed by atoms with Crippen molar-refractivity contribution in [2.45, 2.75) is 12.1 Å². The Balaban J connectivity index is 1.35. The average molecular weight is 451 g/mol. The first-order chi connectivity index (χ1) is 15.9. The normalized spacial score (nSPS) is 12.2. The maximum Gasteiger partial charge on any atom is 0.416 e. The molecular formula is C25H20F3N3O2. The van der Waals surface area contributed by atoms with Gasteiger partial charge in [0.1, 0.15) is 6.61 Å². The second-order valence-electron chi connectivity index (χ2n) is 7.38. The molecule has 1 aliphatic rings. The van der Waals surface area contributed by atoms with E-state index in [9.17, 15) is 18.0 Å². The molecule has 0 radical (unpaired) electrons. The number of ether oxygens (including phenoxy) is 1. The van der Waals surface area contributed by atoms with Gasteiger partial charge in [-0.05, 0) is 40.5 Å². The highest BCUT2D eigenvalue weighted by atomic mass is 19.4. The van der Waals surface area contributed by atoms with Crippen molar-refractivity contribution >= 4 is 11.8 Å². The molecule has 0 saturated heterocycles. The van der Waals surface area contributed by atoms with E-state index in [0.717, 1.165) is 34.4 Å². The lowest BCUT2D eigenvalue weighted by molar-refractivity contribution is -0.137. The standard InChI is InChI=1S/C25H20F3N3O2/c26-25(27,28)17-12-11-16(23(14-17)31-29)6-5-13-30-24(32)33-15-22-20-9-3-1-7-18(20)19-8-2-4-10-21(19)22/h1-4,7-12,14,22,31H,13,15,29H2,(H,30,32). The fraction of sp³-hybridized carbons (Fsp3) is 0.160. The fourth-order valence-electron chi connectivity index (χ4n) is 3.85. The summed E-state index contributed by atoms with van der Waals surface area (Å²) in [6.45, 7) is 0.134. The fourth-order valence-corrected chi connectivity index (χ4v) is 3.85. The molecule has 0 aliphatic heterocycles. The van der Waals surface area contributed by atoms with Gasteiger partial charge in [0.25, 0.3) is 0 Å². The minimum atomic E-state index is -4.48. The van der Waals surface area contributed by atoms with Crippen LogP contribution in [0.3, 0.4) is 0 Å². The summed E-state index contributed by atoms with van der Waals surface area (Å²) in [7, 11) is 0. The number of nitrogens with two attached hydrogens (primary N) is 1. The summed E-state index contributed by atoms with van der Waals surface area (Å²) >= 11 is 0. The lowest BCUT2D eigenvalue weighted by atomic mass is 9.98. The van der Waals surface area contributed by atoms with Gasteiger partial charge in [-0.3, -0.25) is 5.84 Å². The van der Waals surface area contributed by atoms with E-state index in [4.69, 9.17) is 10.6 Å². The van der Waals surface area contributed by atoms with Gasteiger partial charge in [0, 0.05) is 11.5 Å². The van der Waals surface area contributed by atoms with Crippen LogP contribution in [0.25, 0.3) is 11.1 Å². The third kappa shape index (κ3) is 4.78. The molecule has 4 rings (SSSR count). The second-order valence-corrected chi connectivity index (χ2v) is 7.38. The first kappa shape index (κ1) is 22.2. The number of hydrogen-bond acceptors (Lipinski definition) is 4. The van der Waals surface area contributed by atoms with Crippen LogP contribution in [0.5, 0.6) is 0 Å². The Labute approximate surface area is 188 Å². The molecule has 168 valence electrons. The molecule has 0 unspecified atom stereocenters. The van der Waals surface area contributed by atoms with E-state index in [1.54, 1.807) is 0 Å². The van der Waals surface area contributed by atoms with Crippen LogP contribution in [0.2, 0.25) is 0 Å². The molecule has 0 bridgehead atoms. The number of alkyl carbamates (subject to hydrolysis) is 1. The molecule has 1 amide bonds. The molecule has 8 heteroatoms. The van der Waals surface area contributed by atoms with Crippen LogP contribution >= 0.6 is 0 Å². The molecular weight excluding hydrogens is 431 g/mol. The molecule has 33 heavy (non-hydrogen) atoms. The predicted octanol–water partition coefficient (Wildman–Crippen LogP) is 4.88. The molecule has 3 aromatic carbocycles. The minimum absolute atomic E-state index is 0.0400. The molecule has 5 nitrogen and oxygen atoms in total. The molecule has 3 aromatic rings. The summed E-state index contributed by atoms with van der Waals surface area (Å²) in [5, 5.41) is 2.53. The number of nitrogens with one attached hydrogen (secondary N) is 2. The van der Waals surface area contributed by atoms with Crippen molar-refractivity contribution in [2.75, 3.05) is 18.6 Å². The predicted molar refractivity (Wildman–Crippen MR) is 119 cm³/mol. The molecule has 0 aromatic heterocycles. The van der Waals surface area contributed by atoms with Crippen LogP contribution in [-0.4, -0.2) is 19.2 Å². The highest BCUT2D eigenvalue weighted by Crippen LogP contribution is 2.44. The number of halogens is 3. The maximum atomic E-state index is 12.8. The van der Waals surface area contributed by atoms with Crippen LogP contribution < -0.4 is 16.6 Å². The van der Waals surface area contributed by atoms with E-state index in [1.807, 2.05) is 36.4 Å². The third-order valence-corrected chi connectivity index (χ3v) is 5.39. The van der Waals surface area contributed by atoms with Crippen LogP contribution in [0.1, 0.15) is 28.2 Å². The van der Waals surface area contributed by atoms with Crippen molar-refractivity contribution in [1.82, 2.24) is 5.32 Å². The number of anilines is 1. The number of nitrogen functional groups attached to an aromatic ring is 1. The average Bonchev–Trinajstić information content (AvgIpc) is 3.13. The highest BCUT2D eigenvalue weighted by Gasteiger charge is 2.31. The van der Waals surface area contributed by atoms with E-state index < -0.39 is 17.8 Å². The molecule has 1 aliphatic carbocycles. The topological polar surface area (TPSA) is 76.4 Å². The van der Waals surface area contributed by atoms with Gasteiger partial charge in [-0.2, -0.15) is 13.2 Å². The molecule has 0 saturated carbocycles. The summed E-state index contributed by atoms with van der Waals surface area (Å²) in [5.41, 5.74) is 6.17. The van der Waals surface area contributed by atoms with Crippen LogP contribution in [0.4, 0.5) is 23.7 Å². The first-order valence-corrected chi connectivity index (χ1v) is 10.1. The number of carbonyl (C=O) groups is 1. The third-order valence-electron chi connectivity index (χ3n) is 5.39. The summed E-state index contributed by atoms with van der Waals surface area (Å²) in [6.07, 6.45) is -5.11. The number of hydrogen-bond donors (Lipinski definition) is 3. The van der Waals surface area contributed by atoms with Gasteiger partial charge in [0.15, 0.2) is 0 Å². The molecule has 0 fully saturated rings. The lowest BCUT2D eigenvalue weighted by Crippen LogP contribution is -2.26. The summed E-state index contributed by atoms with van der Waals surface area (Å²) in [6, 6.07) is 19.0. The number of hydrazine groups is 1. The second kappa shape index (κ2) is 9.27. The van der Waals surface area contributed by atoms with Crippen molar-refractivity contribution < 1.29 is 22.7 Å². The zero-order chi connectivity index (χ0) is 23.4. The first-order valence-electron chi connectivity index (χ1n) is 10.1. The summed E-state index contributed by atoms with van der Waals surface area (Å²) < 4.78 is 43.9. The number of fused-ring (bicyclic) bond motifs is 3. The molecule has 4 N–H and O–H groups in total. The quantitative estimate of drug-likeness (QED) is 0.300. The maximum absolute atomic E-state index is 12.8. The summed E-state index contributed by atoms with van der Waals surface area (Å²) in [4.78, 5) is 12.2. The highest BCUT2D eigenvalue weighted by molar-refractivity contribution is 5.79.